The van der Waals surface area contributed by atoms with Gasteiger partial charge in [-0.25, -0.2) is 4.79 Å². The molecule has 24 heavy (non-hydrogen) atoms. The number of carbonyl (C=O) groups excluding carboxylic acids is 4. The molecule has 0 bridgehead atoms. The van der Waals surface area contributed by atoms with Crippen molar-refractivity contribution in [3.05, 3.63) is 35.4 Å². The summed E-state index contributed by atoms with van der Waals surface area (Å²) < 4.78 is 4.92. The monoisotopic (exact) mass is 332 g/mol. The second kappa shape index (κ2) is 7.25. The van der Waals surface area contributed by atoms with Gasteiger partial charge in [-0.05, 0) is 32.4 Å². The van der Waals surface area contributed by atoms with Gasteiger partial charge in [0.1, 0.15) is 6.04 Å². The van der Waals surface area contributed by atoms with E-state index in [0.29, 0.717) is 0 Å². The maximum absolute atomic E-state index is 12.3. The minimum absolute atomic E-state index is 0.0233. The minimum atomic E-state index is -1.10. The van der Waals surface area contributed by atoms with Crippen molar-refractivity contribution in [2.45, 2.75) is 39.3 Å². The van der Waals surface area contributed by atoms with Gasteiger partial charge in [0.15, 0.2) is 6.61 Å². The zero-order chi connectivity index (χ0) is 17.9. The third kappa shape index (κ3) is 3.45. The molecule has 0 unspecified atom stereocenters. The summed E-state index contributed by atoms with van der Waals surface area (Å²) in [4.78, 5) is 49.2. The Morgan fingerprint density at radius 2 is 1.67 bits per heavy atom. The van der Waals surface area contributed by atoms with Gasteiger partial charge in [-0.3, -0.25) is 19.3 Å². The standard InChI is InChI=1S/C17H20N2O5/c1-4-10(2)18-14(20)9-24-17(23)11(3)19-15(21)12-7-5-6-8-13(12)16(19)22/h5-8,10-11H,4,9H2,1-3H3,(H,18,20)/t10-,11+/m1/s1. The quantitative estimate of drug-likeness (QED) is 0.623. The molecular formula is C17H20N2O5. The summed E-state index contributed by atoms with van der Waals surface area (Å²) in [6, 6.07) is 5.24. The summed E-state index contributed by atoms with van der Waals surface area (Å²) in [6.07, 6.45) is 0.755. The van der Waals surface area contributed by atoms with Gasteiger partial charge in [0.2, 0.25) is 0 Å². The Kier molecular flexibility index (Phi) is 5.33. The van der Waals surface area contributed by atoms with Gasteiger partial charge in [-0.1, -0.05) is 19.1 Å². The number of ether oxygens (including phenoxy) is 1. The topological polar surface area (TPSA) is 92.8 Å². The number of imide groups is 1. The zero-order valence-corrected chi connectivity index (χ0v) is 13.9. The Labute approximate surface area is 140 Å². The van der Waals surface area contributed by atoms with Crippen LogP contribution in [0.4, 0.5) is 0 Å². The van der Waals surface area contributed by atoms with Gasteiger partial charge in [0.05, 0.1) is 11.1 Å². The van der Waals surface area contributed by atoms with Crippen molar-refractivity contribution in [2.75, 3.05) is 6.61 Å². The predicted molar refractivity (Wildman–Crippen MR) is 85.3 cm³/mol. The highest BCUT2D eigenvalue weighted by atomic mass is 16.5. The maximum Gasteiger partial charge on any atom is 0.329 e. The first-order valence-corrected chi connectivity index (χ1v) is 7.79. The van der Waals surface area contributed by atoms with Crippen molar-refractivity contribution in [2.24, 2.45) is 0 Å². The average molecular weight is 332 g/mol. The fourth-order valence-corrected chi connectivity index (χ4v) is 2.34. The van der Waals surface area contributed by atoms with Gasteiger partial charge < -0.3 is 10.1 Å². The number of carbonyl (C=O) groups is 4. The summed E-state index contributed by atoms with van der Waals surface area (Å²) in [7, 11) is 0. The van der Waals surface area contributed by atoms with Crippen molar-refractivity contribution < 1.29 is 23.9 Å². The van der Waals surface area contributed by atoms with Crippen LogP contribution in [0.2, 0.25) is 0 Å². The van der Waals surface area contributed by atoms with Crippen LogP contribution in [0.5, 0.6) is 0 Å². The molecule has 7 heteroatoms. The third-order valence-electron chi connectivity index (χ3n) is 3.92. The fraction of sp³-hybridized carbons (Fsp3) is 0.412. The largest absolute Gasteiger partial charge is 0.454 e. The lowest BCUT2D eigenvalue weighted by atomic mass is 10.1. The van der Waals surface area contributed by atoms with Crippen molar-refractivity contribution in [1.29, 1.82) is 0 Å². The van der Waals surface area contributed by atoms with Crippen molar-refractivity contribution in [1.82, 2.24) is 10.2 Å². The molecule has 7 nitrogen and oxygen atoms in total. The first kappa shape index (κ1) is 17.7. The van der Waals surface area contributed by atoms with Crippen LogP contribution in [0.1, 0.15) is 47.9 Å². The molecule has 0 fully saturated rings. The van der Waals surface area contributed by atoms with Crippen LogP contribution in [0.25, 0.3) is 0 Å². The van der Waals surface area contributed by atoms with Gasteiger partial charge in [-0.15, -0.1) is 0 Å². The smallest absolute Gasteiger partial charge is 0.329 e. The number of hydrogen-bond donors (Lipinski definition) is 1. The van der Waals surface area contributed by atoms with E-state index in [4.69, 9.17) is 4.74 Å². The number of rotatable bonds is 6. The molecule has 0 aliphatic carbocycles. The molecule has 1 aromatic rings. The molecule has 0 aromatic heterocycles. The van der Waals surface area contributed by atoms with Crippen molar-refractivity contribution >= 4 is 23.7 Å². The van der Waals surface area contributed by atoms with E-state index < -0.39 is 36.3 Å². The van der Waals surface area contributed by atoms with E-state index in [-0.39, 0.29) is 17.2 Å². The number of nitrogens with one attached hydrogen (secondary N) is 1. The molecule has 0 radical (unpaired) electrons. The van der Waals surface area contributed by atoms with Crippen LogP contribution in [-0.4, -0.2) is 47.3 Å². The highest BCUT2D eigenvalue weighted by molar-refractivity contribution is 6.22. The highest BCUT2D eigenvalue weighted by Gasteiger charge is 2.41. The van der Waals surface area contributed by atoms with Gasteiger partial charge in [0.25, 0.3) is 17.7 Å². The number of fused-ring (bicyclic) bond motifs is 1. The lowest BCUT2D eigenvalue weighted by Gasteiger charge is -2.21. The Hall–Kier alpha value is -2.70. The van der Waals surface area contributed by atoms with Crippen molar-refractivity contribution in [3.8, 4) is 0 Å². The molecule has 2 atom stereocenters. The van der Waals surface area contributed by atoms with Crippen LogP contribution in [-0.2, 0) is 14.3 Å². The highest BCUT2D eigenvalue weighted by Crippen LogP contribution is 2.24. The van der Waals surface area contributed by atoms with Gasteiger partial charge in [-0.2, -0.15) is 0 Å². The van der Waals surface area contributed by atoms with Crippen LogP contribution in [0.3, 0.4) is 0 Å². The number of nitrogens with zero attached hydrogens (tertiary/aromatic N) is 1. The second-order valence-corrected chi connectivity index (χ2v) is 5.69. The van der Waals surface area contributed by atoms with E-state index in [2.05, 4.69) is 5.32 Å². The summed E-state index contributed by atoms with van der Waals surface area (Å²) in [6.45, 7) is 4.70. The van der Waals surface area contributed by atoms with Gasteiger partial charge >= 0.3 is 5.97 Å². The summed E-state index contributed by atoms with van der Waals surface area (Å²) in [5.41, 5.74) is 0.522. The molecule has 0 saturated carbocycles. The molecule has 0 saturated heterocycles. The van der Waals surface area contributed by atoms with E-state index in [9.17, 15) is 19.2 Å². The second-order valence-electron chi connectivity index (χ2n) is 5.69. The maximum atomic E-state index is 12.3. The third-order valence-corrected chi connectivity index (χ3v) is 3.92. The molecule has 128 valence electrons. The summed E-state index contributed by atoms with van der Waals surface area (Å²) in [5.74, 6) is -2.30. The molecule has 0 spiro atoms. The lowest BCUT2D eigenvalue weighted by Crippen LogP contribution is -2.45. The Balaban J connectivity index is 1.98. The van der Waals surface area contributed by atoms with Crippen LogP contribution >= 0.6 is 0 Å². The molecule has 1 aliphatic heterocycles. The van der Waals surface area contributed by atoms with E-state index in [1.54, 1.807) is 12.1 Å². The zero-order valence-electron chi connectivity index (χ0n) is 13.9. The normalized spacial score (nSPS) is 15.7. The Bertz CT molecular complexity index is 650. The SMILES string of the molecule is CC[C@@H](C)NC(=O)COC(=O)[C@H](C)N1C(=O)c2ccccc2C1=O. The van der Waals surface area contributed by atoms with E-state index in [0.717, 1.165) is 11.3 Å². The summed E-state index contributed by atoms with van der Waals surface area (Å²) >= 11 is 0. The van der Waals surface area contributed by atoms with E-state index >= 15 is 0 Å². The number of benzene rings is 1. The number of esters is 1. The molecule has 1 N–H and O–H groups in total. The minimum Gasteiger partial charge on any atom is -0.454 e. The molecule has 1 aliphatic rings. The van der Waals surface area contributed by atoms with Crippen molar-refractivity contribution in [3.63, 3.8) is 0 Å². The molecule has 1 aromatic carbocycles. The number of amides is 3. The first-order valence-electron chi connectivity index (χ1n) is 7.79. The Morgan fingerprint density at radius 1 is 1.12 bits per heavy atom. The number of hydrogen-bond acceptors (Lipinski definition) is 5. The van der Waals surface area contributed by atoms with Crippen LogP contribution in [0.15, 0.2) is 24.3 Å². The van der Waals surface area contributed by atoms with Gasteiger partial charge in [0, 0.05) is 6.04 Å². The molecular weight excluding hydrogens is 312 g/mol. The molecule has 3 amide bonds. The van der Waals surface area contributed by atoms with E-state index in [1.165, 1.54) is 19.1 Å². The molecule has 2 rings (SSSR count). The summed E-state index contributed by atoms with van der Waals surface area (Å²) in [5, 5.41) is 2.66. The molecule has 1 heterocycles. The first-order chi connectivity index (χ1) is 11.4. The lowest BCUT2D eigenvalue weighted by molar-refractivity contribution is -0.152. The Morgan fingerprint density at radius 3 is 2.17 bits per heavy atom. The van der Waals surface area contributed by atoms with Crippen LogP contribution < -0.4 is 5.32 Å². The van der Waals surface area contributed by atoms with Crippen LogP contribution in [0, 0.1) is 0 Å². The predicted octanol–water partition coefficient (Wildman–Crippen LogP) is 1.13. The van der Waals surface area contributed by atoms with E-state index in [1.807, 2.05) is 13.8 Å². The average Bonchev–Trinajstić information content (AvgIpc) is 2.83. The fourth-order valence-electron chi connectivity index (χ4n) is 2.34.